The van der Waals surface area contributed by atoms with Crippen LogP contribution < -0.4 is 9.88 Å². The Bertz CT molecular complexity index is 630. The fourth-order valence-corrected chi connectivity index (χ4v) is 3.60. The second kappa shape index (κ2) is 8.71. The molecule has 0 amide bonds. The van der Waals surface area contributed by atoms with Crippen molar-refractivity contribution in [3.05, 3.63) is 23.8 Å². The first-order valence-electron chi connectivity index (χ1n) is 8.01. The van der Waals surface area contributed by atoms with E-state index in [1.54, 1.807) is 0 Å². The predicted molar refractivity (Wildman–Crippen MR) is 86.3 cm³/mol. The molecular weight excluding hydrogens is 343 g/mol. The zero-order chi connectivity index (χ0) is 18.4. The van der Waals surface area contributed by atoms with Gasteiger partial charge in [-0.15, -0.1) is 13.2 Å². The Morgan fingerprint density at radius 3 is 2.33 bits per heavy atom. The second-order valence-corrected chi connectivity index (χ2v) is 7.25. The smallest absolute Gasteiger partial charge is 0.405 e. The van der Waals surface area contributed by atoms with Crippen molar-refractivity contribution in [2.24, 2.45) is 5.14 Å². The van der Waals surface area contributed by atoms with Gasteiger partial charge in [-0.3, -0.25) is 0 Å². The van der Waals surface area contributed by atoms with E-state index < -0.39 is 22.1 Å². The van der Waals surface area contributed by atoms with Crippen LogP contribution in [-0.2, 0) is 10.0 Å². The summed E-state index contributed by atoms with van der Waals surface area (Å²) in [6.45, 7) is 3.87. The molecule has 1 atom stereocenters. The van der Waals surface area contributed by atoms with E-state index >= 15 is 0 Å². The number of ether oxygens (including phenoxy) is 1. The third-order valence-corrected chi connectivity index (χ3v) is 4.83. The molecular formula is C16H24F3NO3S. The highest BCUT2D eigenvalue weighted by molar-refractivity contribution is 7.89. The van der Waals surface area contributed by atoms with E-state index in [1.807, 2.05) is 6.92 Å². The lowest BCUT2D eigenvalue weighted by Crippen LogP contribution is -2.21. The molecule has 8 heteroatoms. The lowest BCUT2D eigenvalue weighted by atomic mass is 9.90. The van der Waals surface area contributed by atoms with E-state index in [2.05, 4.69) is 11.7 Å². The van der Waals surface area contributed by atoms with Crippen LogP contribution in [0.15, 0.2) is 23.1 Å². The second-order valence-electron chi connectivity index (χ2n) is 5.72. The van der Waals surface area contributed by atoms with Crippen LogP contribution in [0, 0.1) is 0 Å². The fourth-order valence-electron chi connectivity index (χ4n) is 2.76. The van der Waals surface area contributed by atoms with Crippen molar-refractivity contribution < 1.29 is 26.3 Å². The van der Waals surface area contributed by atoms with E-state index in [4.69, 9.17) is 5.14 Å². The van der Waals surface area contributed by atoms with Gasteiger partial charge < -0.3 is 4.74 Å². The zero-order valence-electron chi connectivity index (χ0n) is 13.9. The highest BCUT2D eigenvalue weighted by atomic mass is 32.2. The molecule has 0 heterocycles. The fraction of sp³-hybridized carbons (Fsp3) is 0.625. The SMILES string of the molecule is CCCCCCC(CC)c1c(OC(F)(F)F)cccc1S(N)(=O)=O. The summed E-state index contributed by atoms with van der Waals surface area (Å²) in [5, 5.41) is 5.19. The van der Waals surface area contributed by atoms with Crippen LogP contribution in [0.2, 0.25) is 0 Å². The van der Waals surface area contributed by atoms with Crippen LogP contribution in [-0.4, -0.2) is 14.8 Å². The van der Waals surface area contributed by atoms with Crippen molar-refractivity contribution in [2.75, 3.05) is 0 Å². The zero-order valence-corrected chi connectivity index (χ0v) is 14.7. The number of benzene rings is 1. The molecule has 0 aliphatic rings. The molecule has 1 aromatic carbocycles. The largest absolute Gasteiger partial charge is 0.573 e. The van der Waals surface area contributed by atoms with Gasteiger partial charge in [-0.25, -0.2) is 13.6 Å². The lowest BCUT2D eigenvalue weighted by Gasteiger charge is -2.22. The minimum Gasteiger partial charge on any atom is -0.405 e. The molecule has 0 saturated heterocycles. The molecule has 1 unspecified atom stereocenters. The number of hydrogen-bond donors (Lipinski definition) is 1. The summed E-state index contributed by atoms with van der Waals surface area (Å²) in [7, 11) is -4.15. The minimum atomic E-state index is -4.90. The molecule has 24 heavy (non-hydrogen) atoms. The van der Waals surface area contributed by atoms with E-state index in [9.17, 15) is 21.6 Å². The maximum Gasteiger partial charge on any atom is 0.573 e. The molecule has 0 fully saturated rings. The molecule has 0 bridgehead atoms. The van der Waals surface area contributed by atoms with Crippen LogP contribution in [0.4, 0.5) is 13.2 Å². The first-order valence-corrected chi connectivity index (χ1v) is 9.56. The Morgan fingerprint density at radius 2 is 1.83 bits per heavy atom. The normalized spacial score (nSPS) is 13.8. The van der Waals surface area contributed by atoms with Crippen molar-refractivity contribution in [2.45, 2.75) is 69.5 Å². The average Bonchev–Trinajstić information content (AvgIpc) is 2.45. The summed E-state index contributed by atoms with van der Waals surface area (Å²) in [6.07, 6.45) is -0.0146. The lowest BCUT2D eigenvalue weighted by molar-refractivity contribution is -0.275. The molecule has 1 rings (SSSR count). The van der Waals surface area contributed by atoms with Crippen molar-refractivity contribution >= 4 is 10.0 Å². The Hall–Kier alpha value is -1.28. The molecule has 0 aliphatic carbocycles. The Labute approximate surface area is 141 Å². The van der Waals surface area contributed by atoms with Crippen LogP contribution >= 0.6 is 0 Å². The summed E-state index contributed by atoms with van der Waals surface area (Å²) in [4.78, 5) is -0.299. The Morgan fingerprint density at radius 1 is 1.17 bits per heavy atom. The maximum absolute atomic E-state index is 12.7. The standard InChI is InChI=1S/C16H24F3NO3S/c1-3-5-6-7-9-12(4-2)15-13(23-16(17,18)19)10-8-11-14(15)24(20,21)22/h8,10-12H,3-7,9H2,1-2H3,(H2,20,21,22). The molecule has 4 nitrogen and oxygen atoms in total. The van der Waals surface area contributed by atoms with Gasteiger partial charge in [-0.2, -0.15) is 0 Å². The Balaban J connectivity index is 3.27. The van der Waals surface area contributed by atoms with Gasteiger partial charge in [-0.1, -0.05) is 45.6 Å². The van der Waals surface area contributed by atoms with Crippen LogP contribution in [0.25, 0.3) is 0 Å². The quantitative estimate of drug-likeness (QED) is 0.643. The third-order valence-electron chi connectivity index (χ3n) is 3.87. The summed E-state index contributed by atoms with van der Waals surface area (Å²) in [6, 6.07) is 3.56. The van der Waals surface area contributed by atoms with Gasteiger partial charge in [-0.05, 0) is 30.9 Å². The molecule has 2 N–H and O–H groups in total. The first kappa shape index (κ1) is 20.8. The van der Waals surface area contributed by atoms with Gasteiger partial charge in [0, 0.05) is 5.56 Å². The average molecular weight is 367 g/mol. The maximum atomic E-state index is 12.7. The van der Waals surface area contributed by atoms with Crippen molar-refractivity contribution in [1.82, 2.24) is 0 Å². The monoisotopic (exact) mass is 367 g/mol. The van der Waals surface area contributed by atoms with Gasteiger partial charge >= 0.3 is 6.36 Å². The molecule has 0 aromatic heterocycles. The van der Waals surface area contributed by atoms with Crippen molar-refractivity contribution in [3.63, 3.8) is 0 Å². The number of unbranched alkanes of at least 4 members (excludes halogenated alkanes) is 3. The number of halogens is 3. The highest BCUT2D eigenvalue weighted by Crippen LogP contribution is 2.39. The molecule has 0 saturated carbocycles. The van der Waals surface area contributed by atoms with Gasteiger partial charge in [0.05, 0.1) is 4.90 Å². The summed E-state index contributed by atoms with van der Waals surface area (Å²) < 4.78 is 65.7. The van der Waals surface area contributed by atoms with Crippen molar-refractivity contribution in [3.8, 4) is 5.75 Å². The Kier molecular flexibility index (Phi) is 7.54. The van der Waals surface area contributed by atoms with Crippen LogP contribution in [0.1, 0.15) is 63.9 Å². The number of hydrogen-bond acceptors (Lipinski definition) is 3. The first-order chi connectivity index (χ1) is 11.1. The van der Waals surface area contributed by atoms with Gasteiger partial charge in [0.1, 0.15) is 5.75 Å². The molecule has 0 radical (unpaired) electrons. The topological polar surface area (TPSA) is 69.4 Å². The summed E-state index contributed by atoms with van der Waals surface area (Å²) in [5.41, 5.74) is 0.0244. The van der Waals surface area contributed by atoms with Gasteiger partial charge in [0.25, 0.3) is 0 Å². The number of rotatable bonds is 9. The van der Waals surface area contributed by atoms with Crippen LogP contribution in [0.5, 0.6) is 5.75 Å². The number of alkyl halides is 3. The van der Waals surface area contributed by atoms with E-state index in [0.717, 1.165) is 31.7 Å². The number of sulfonamides is 1. The molecule has 138 valence electrons. The third kappa shape index (κ3) is 6.32. The van der Waals surface area contributed by atoms with Crippen LogP contribution in [0.3, 0.4) is 0 Å². The van der Waals surface area contributed by atoms with Gasteiger partial charge in [0.2, 0.25) is 10.0 Å². The van der Waals surface area contributed by atoms with E-state index in [0.29, 0.717) is 12.8 Å². The van der Waals surface area contributed by atoms with Gasteiger partial charge in [0.15, 0.2) is 0 Å². The molecule has 0 aliphatic heterocycles. The molecule has 0 spiro atoms. The number of primary sulfonamides is 1. The molecule has 1 aromatic rings. The summed E-state index contributed by atoms with van der Waals surface area (Å²) >= 11 is 0. The summed E-state index contributed by atoms with van der Waals surface area (Å²) in [5.74, 6) is -0.856. The minimum absolute atomic E-state index is 0.0244. The highest BCUT2D eigenvalue weighted by Gasteiger charge is 2.34. The van der Waals surface area contributed by atoms with Crippen molar-refractivity contribution in [1.29, 1.82) is 0 Å². The number of nitrogens with two attached hydrogens (primary N) is 1. The van der Waals surface area contributed by atoms with E-state index in [1.165, 1.54) is 12.1 Å². The van der Waals surface area contributed by atoms with E-state index in [-0.39, 0.29) is 16.4 Å². The predicted octanol–water partition coefficient (Wildman–Crippen LogP) is 4.70.